The van der Waals surface area contributed by atoms with Gasteiger partial charge in [0.25, 0.3) is 6.43 Å². The van der Waals surface area contributed by atoms with Crippen LogP contribution in [0.2, 0.25) is 0 Å². The SMILES string of the molecule is CC1CC(NCC(F)F)CS1. The summed E-state index contributed by atoms with van der Waals surface area (Å²) in [6.45, 7) is 1.98. The van der Waals surface area contributed by atoms with Crippen LogP contribution < -0.4 is 5.32 Å². The van der Waals surface area contributed by atoms with Crippen LogP contribution in [0.5, 0.6) is 0 Å². The number of thioether (sulfide) groups is 1. The Morgan fingerprint density at radius 3 is 2.82 bits per heavy atom. The molecule has 0 bridgehead atoms. The Bertz CT molecular complexity index is 121. The van der Waals surface area contributed by atoms with Crippen LogP contribution in [0.3, 0.4) is 0 Å². The first-order valence-corrected chi connectivity index (χ1v) is 4.86. The van der Waals surface area contributed by atoms with E-state index in [4.69, 9.17) is 0 Å². The van der Waals surface area contributed by atoms with Gasteiger partial charge in [-0.2, -0.15) is 11.8 Å². The van der Waals surface area contributed by atoms with Gasteiger partial charge in [-0.15, -0.1) is 0 Å². The predicted molar refractivity (Wildman–Crippen MR) is 44.3 cm³/mol. The summed E-state index contributed by atoms with van der Waals surface area (Å²) in [5.74, 6) is 0.980. The summed E-state index contributed by atoms with van der Waals surface area (Å²) in [6.07, 6.45) is -1.19. The van der Waals surface area contributed by atoms with E-state index >= 15 is 0 Å². The van der Waals surface area contributed by atoms with Crippen molar-refractivity contribution in [2.45, 2.75) is 31.1 Å². The van der Waals surface area contributed by atoms with Crippen molar-refractivity contribution in [3.8, 4) is 0 Å². The molecule has 0 aromatic heterocycles. The normalized spacial score (nSPS) is 31.6. The molecule has 1 N–H and O–H groups in total. The zero-order valence-electron chi connectivity index (χ0n) is 6.52. The number of hydrogen-bond donors (Lipinski definition) is 1. The number of halogens is 2. The predicted octanol–water partition coefficient (Wildman–Crippen LogP) is 1.74. The van der Waals surface area contributed by atoms with E-state index in [1.807, 2.05) is 11.8 Å². The van der Waals surface area contributed by atoms with E-state index in [1.165, 1.54) is 0 Å². The fourth-order valence-electron chi connectivity index (χ4n) is 1.22. The summed E-state index contributed by atoms with van der Waals surface area (Å²) in [7, 11) is 0. The first-order chi connectivity index (χ1) is 5.18. The van der Waals surface area contributed by atoms with Crippen LogP contribution in [0.15, 0.2) is 0 Å². The largest absolute Gasteiger partial charge is 0.308 e. The van der Waals surface area contributed by atoms with Gasteiger partial charge in [-0.3, -0.25) is 0 Å². The van der Waals surface area contributed by atoms with E-state index in [9.17, 15) is 8.78 Å². The van der Waals surface area contributed by atoms with Gasteiger partial charge in [-0.1, -0.05) is 6.92 Å². The Morgan fingerprint density at radius 1 is 1.64 bits per heavy atom. The van der Waals surface area contributed by atoms with Crippen molar-refractivity contribution in [1.82, 2.24) is 5.32 Å². The highest BCUT2D eigenvalue weighted by atomic mass is 32.2. The van der Waals surface area contributed by atoms with Gasteiger partial charge in [-0.05, 0) is 6.42 Å². The maximum absolute atomic E-state index is 11.7. The third-order valence-corrected chi connectivity index (χ3v) is 3.12. The Morgan fingerprint density at radius 2 is 2.36 bits per heavy atom. The average molecular weight is 181 g/mol. The van der Waals surface area contributed by atoms with Crippen molar-refractivity contribution in [2.24, 2.45) is 0 Å². The van der Waals surface area contributed by atoms with E-state index in [1.54, 1.807) is 0 Å². The van der Waals surface area contributed by atoms with Gasteiger partial charge in [-0.25, -0.2) is 8.78 Å². The maximum atomic E-state index is 11.7. The molecule has 1 fully saturated rings. The average Bonchev–Trinajstić information content (AvgIpc) is 2.31. The number of rotatable bonds is 3. The Hall–Kier alpha value is 0.170. The lowest BCUT2D eigenvalue weighted by Gasteiger charge is -2.09. The first kappa shape index (κ1) is 9.26. The van der Waals surface area contributed by atoms with E-state index in [0.29, 0.717) is 11.3 Å². The van der Waals surface area contributed by atoms with E-state index in [0.717, 1.165) is 12.2 Å². The van der Waals surface area contributed by atoms with Gasteiger partial charge in [0.15, 0.2) is 0 Å². The Labute approximate surface area is 69.9 Å². The number of nitrogens with one attached hydrogen (secondary N) is 1. The second-order valence-corrected chi connectivity index (χ2v) is 4.35. The summed E-state index contributed by atoms with van der Waals surface area (Å²) in [4.78, 5) is 0. The Kier molecular flexibility index (Phi) is 3.59. The van der Waals surface area contributed by atoms with Gasteiger partial charge in [0.1, 0.15) is 0 Å². The summed E-state index contributed by atoms with van der Waals surface area (Å²) < 4.78 is 23.4. The van der Waals surface area contributed by atoms with Crippen molar-refractivity contribution in [3.63, 3.8) is 0 Å². The van der Waals surface area contributed by atoms with E-state index < -0.39 is 6.43 Å². The molecule has 1 heterocycles. The van der Waals surface area contributed by atoms with Crippen LogP contribution in [0.1, 0.15) is 13.3 Å². The molecule has 1 saturated heterocycles. The molecule has 11 heavy (non-hydrogen) atoms. The quantitative estimate of drug-likeness (QED) is 0.711. The zero-order chi connectivity index (χ0) is 8.27. The van der Waals surface area contributed by atoms with Crippen LogP contribution in [-0.2, 0) is 0 Å². The summed E-state index contributed by atoms with van der Waals surface area (Å²) >= 11 is 1.85. The van der Waals surface area contributed by atoms with Crippen molar-refractivity contribution < 1.29 is 8.78 Å². The van der Waals surface area contributed by atoms with Crippen molar-refractivity contribution in [2.75, 3.05) is 12.3 Å². The molecule has 0 aromatic carbocycles. The standard InChI is InChI=1S/C7H13F2NS/c1-5-2-6(4-11-5)10-3-7(8)9/h5-7,10H,2-4H2,1H3. The van der Waals surface area contributed by atoms with Crippen molar-refractivity contribution >= 4 is 11.8 Å². The third kappa shape index (κ3) is 3.38. The van der Waals surface area contributed by atoms with Crippen molar-refractivity contribution in [1.29, 1.82) is 0 Å². The Balaban J connectivity index is 2.08. The number of alkyl halides is 2. The summed E-state index contributed by atoms with van der Waals surface area (Å²) in [5.41, 5.74) is 0. The zero-order valence-corrected chi connectivity index (χ0v) is 7.33. The fraction of sp³-hybridized carbons (Fsp3) is 1.00. The molecule has 1 aliphatic rings. The molecule has 1 nitrogen and oxygen atoms in total. The van der Waals surface area contributed by atoms with Gasteiger partial charge in [0, 0.05) is 17.0 Å². The molecule has 0 saturated carbocycles. The molecule has 1 rings (SSSR count). The van der Waals surface area contributed by atoms with Crippen LogP contribution in [0.4, 0.5) is 8.78 Å². The lowest BCUT2D eigenvalue weighted by atomic mass is 10.2. The van der Waals surface area contributed by atoms with E-state index in [-0.39, 0.29) is 6.54 Å². The van der Waals surface area contributed by atoms with Gasteiger partial charge < -0.3 is 5.32 Å². The van der Waals surface area contributed by atoms with Crippen LogP contribution in [-0.4, -0.2) is 30.0 Å². The monoisotopic (exact) mass is 181 g/mol. The van der Waals surface area contributed by atoms with Gasteiger partial charge in [0.2, 0.25) is 0 Å². The van der Waals surface area contributed by atoms with E-state index in [2.05, 4.69) is 12.2 Å². The molecule has 2 unspecified atom stereocenters. The minimum absolute atomic E-state index is 0.155. The molecule has 2 atom stereocenters. The van der Waals surface area contributed by atoms with Crippen LogP contribution in [0, 0.1) is 0 Å². The minimum atomic E-state index is -2.21. The van der Waals surface area contributed by atoms with Gasteiger partial charge in [0.05, 0.1) is 6.54 Å². The highest BCUT2D eigenvalue weighted by molar-refractivity contribution is 8.00. The molecule has 0 spiro atoms. The topological polar surface area (TPSA) is 12.0 Å². The van der Waals surface area contributed by atoms with Crippen LogP contribution >= 0.6 is 11.8 Å². The third-order valence-electron chi connectivity index (χ3n) is 1.76. The van der Waals surface area contributed by atoms with Crippen molar-refractivity contribution in [3.05, 3.63) is 0 Å². The smallest absolute Gasteiger partial charge is 0.250 e. The van der Waals surface area contributed by atoms with Crippen LogP contribution in [0.25, 0.3) is 0 Å². The molecule has 0 aliphatic carbocycles. The fourth-order valence-corrected chi connectivity index (χ4v) is 2.40. The lowest BCUT2D eigenvalue weighted by Crippen LogP contribution is -2.33. The molecule has 0 amide bonds. The van der Waals surface area contributed by atoms with Gasteiger partial charge >= 0.3 is 0 Å². The molecule has 0 aromatic rings. The first-order valence-electron chi connectivity index (χ1n) is 3.81. The lowest BCUT2D eigenvalue weighted by molar-refractivity contribution is 0.142. The second kappa shape index (κ2) is 4.26. The molecule has 4 heteroatoms. The molecule has 1 aliphatic heterocycles. The highest BCUT2D eigenvalue weighted by Crippen LogP contribution is 2.25. The molecule has 0 radical (unpaired) electrons. The molecular weight excluding hydrogens is 168 g/mol. The summed E-state index contributed by atoms with van der Waals surface area (Å²) in [5, 5.41) is 3.47. The minimum Gasteiger partial charge on any atom is -0.308 e. The number of hydrogen-bond acceptors (Lipinski definition) is 2. The molecular formula is C7H13F2NS. The molecule has 66 valence electrons. The highest BCUT2D eigenvalue weighted by Gasteiger charge is 2.21. The maximum Gasteiger partial charge on any atom is 0.250 e. The second-order valence-electron chi connectivity index (χ2n) is 2.88. The summed E-state index contributed by atoms with van der Waals surface area (Å²) in [6, 6.07) is 0.309.